The first-order valence-corrected chi connectivity index (χ1v) is 8.80. The first-order valence-electron chi connectivity index (χ1n) is 8.80. The minimum atomic E-state index is -0.0796. The van der Waals surface area contributed by atoms with E-state index < -0.39 is 0 Å². The summed E-state index contributed by atoms with van der Waals surface area (Å²) in [5.41, 5.74) is 2.60. The fourth-order valence-electron chi connectivity index (χ4n) is 6.19. The number of rotatable bonds is 2. The average Bonchev–Trinajstić information content (AvgIpc) is 2.84. The summed E-state index contributed by atoms with van der Waals surface area (Å²) in [7, 11) is 0. The van der Waals surface area contributed by atoms with E-state index in [4.69, 9.17) is 0 Å². The van der Waals surface area contributed by atoms with Gasteiger partial charge in [-0.3, -0.25) is 0 Å². The van der Waals surface area contributed by atoms with E-state index in [1.807, 2.05) is 6.07 Å². The van der Waals surface area contributed by atoms with E-state index in [0.717, 1.165) is 42.6 Å². The van der Waals surface area contributed by atoms with Gasteiger partial charge in [-0.05, 0) is 91.9 Å². The average molecular weight is 285 g/mol. The lowest BCUT2D eigenvalue weighted by molar-refractivity contribution is -0.0177. The van der Waals surface area contributed by atoms with E-state index in [9.17, 15) is 4.39 Å². The van der Waals surface area contributed by atoms with Crippen LogP contribution in [0.15, 0.2) is 18.2 Å². The van der Waals surface area contributed by atoms with Crippen LogP contribution >= 0.6 is 0 Å². The van der Waals surface area contributed by atoms with Crippen LogP contribution in [-0.4, -0.2) is 6.04 Å². The highest BCUT2D eigenvalue weighted by Gasteiger charge is 2.48. The first-order chi connectivity index (χ1) is 10.3. The molecule has 1 atom stereocenters. The van der Waals surface area contributed by atoms with E-state index in [1.165, 1.54) is 43.2 Å². The Morgan fingerprint density at radius 2 is 1.67 bits per heavy atom. The molecule has 4 bridgehead atoms. The van der Waals surface area contributed by atoms with Crippen molar-refractivity contribution in [2.45, 2.75) is 57.0 Å². The molecule has 0 aliphatic heterocycles. The predicted octanol–water partition coefficient (Wildman–Crippen LogP) is 4.23. The molecule has 0 amide bonds. The summed E-state index contributed by atoms with van der Waals surface area (Å²) in [6.07, 6.45) is 9.58. The number of fused-ring (bicyclic) bond motifs is 1. The summed E-state index contributed by atoms with van der Waals surface area (Å²) < 4.78 is 13.4. The molecule has 112 valence electrons. The maximum absolute atomic E-state index is 13.4. The van der Waals surface area contributed by atoms with Crippen molar-refractivity contribution >= 4 is 0 Å². The van der Waals surface area contributed by atoms with Crippen LogP contribution in [-0.2, 0) is 6.42 Å². The molecular weight excluding hydrogens is 261 g/mol. The van der Waals surface area contributed by atoms with E-state index >= 15 is 0 Å². The van der Waals surface area contributed by atoms with Crippen molar-refractivity contribution in [3.63, 3.8) is 0 Å². The quantitative estimate of drug-likeness (QED) is 0.857. The molecule has 21 heavy (non-hydrogen) atoms. The van der Waals surface area contributed by atoms with Gasteiger partial charge in [0.25, 0.3) is 0 Å². The number of nitrogens with one attached hydrogen (secondary N) is 1. The molecule has 4 fully saturated rings. The zero-order chi connectivity index (χ0) is 14.0. The van der Waals surface area contributed by atoms with Crippen molar-refractivity contribution < 1.29 is 4.39 Å². The standard InChI is InChI=1S/C19H24FN/c20-16-2-3-17-13(10-16)1-4-18(17)21-19-14-6-11-5-12(8-14)9-15(19)7-11/h2-3,10-12,14-15,18-19,21H,1,4-9H2. The minimum Gasteiger partial charge on any atom is -0.307 e. The van der Waals surface area contributed by atoms with Crippen molar-refractivity contribution in [1.29, 1.82) is 0 Å². The molecule has 6 rings (SSSR count). The van der Waals surface area contributed by atoms with Crippen LogP contribution in [0.2, 0.25) is 0 Å². The summed E-state index contributed by atoms with van der Waals surface area (Å²) in [5.74, 6) is 3.84. The summed E-state index contributed by atoms with van der Waals surface area (Å²) in [6.45, 7) is 0. The third-order valence-corrected chi connectivity index (χ3v) is 6.80. The highest BCUT2D eigenvalue weighted by atomic mass is 19.1. The molecule has 4 saturated carbocycles. The van der Waals surface area contributed by atoms with Gasteiger partial charge in [0.05, 0.1) is 0 Å². The zero-order valence-electron chi connectivity index (χ0n) is 12.5. The number of hydrogen-bond acceptors (Lipinski definition) is 1. The Morgan fingerprint density at radius 1 is 0.952 bits per heavy atom. The van der Waals surface area contributed by atoms with Crippen molar-refractivity contribution in [1.82, 2.24) is 5.32 Å². The van der Waals surface area contributed by atoms with Crippen LogP contribution < -0.4 is 5.32 Å². The molecule has 0 heterocycles. The highest BCUT2D eigenvalue weighted by Crippen LogP contribution is 2.54. The molecule has 1 aromatic carbocycles. The summed E-state index contributed by atoms with van der Waals surface area (Å²) in [4.78, 5) is 0. The maximum Gasteiger partial charge on any atom is 0.123 e. The Bertz CT molecular complexity index is 539. The van der Waals surface area contributed by atoms with Crippen LogP contribution in [0.1, 0.15) is 55.7 Å². The molecule has 0 radical (unpaired) electrons. The largest absolute Gasteiger partial charge is 0.307 e. The topological polar surface area (TPSA) is 12.0 Å². The summed E-state index contributed by atoms with van der Waals surface area (Å²) >= 11 is 0. The maximum atomic E-state index is 13.4. The first kappa shape index (κ1) is 12.6. The smallest absolute Gasteiger partial charge is 0.123 e. The van der Waals surface area contributed by atoms with E-state index in [2.05, 4.69) is 5.32 Å². The molecule has 0 saturated heterocycles. The molecule has 5 aliphatic carbocycles. The monoisotopic (exact) mass is 285 g/mol. The van der Waals surface area contributed by atoms with E-state index in [1.54, 1.807) is 12.1 Å². The van der Waals surface area contributed by atoms with E-state index in [0.29, 0.717) is 6.04 Å². The Kier molecular flexibility index (Phi) is 2.74. The van der Waals surface area contributed by atoms with Gasteiger partial charge in [-0.1, -0.05) is 6.07 Å². The van der Waals surface area contributed by atoms with Gasteiger partial charge in [0.2, 0.25) is 0 Å². The Morgan fingerprint density at radius 3 is 2.38 bits per heavy atom. The second-order valence-corrected chi connectivity index (χ2v) is 8.06. The lowest BCUT2D eigenvalue weighted by Crippen LogP contribution is -2.55. The van der Waals surface area contributed by atoms with Crippen LogP contribution in [0.3, 0.4) is 0 Å². The summed E-state index contributed by atoms with van der Waals surface area (Å²) in [6, 6.07) is 6.61. The van der Waals surface area contributed by atoms with Gasteiger partial charge in [-0.15, -0.1) is 0 Å². The third-order valence-electron chi connectivity index (χ3n) is 6.80. The fraction of sp³-hybridized carbons (Fsp3) is 0.684. The van der Waals surface area contributed by atoms with Crippen LogP contribution in [0.4, 0.5) is 4.39 Å². The van der Waals surface area contributed by atoms with Crippen LogP contribution in [0.25, 0.3) is 0 Å². The second kappa shape index (κ2) is 4.55. The number of aryl methyl sites for hydroxylation is 1. The van der Waals surface area contributed by atoms with Gasteiger partial charge in [-0.25, -0.2) is 4.39 Å². The molecule has 5 aliphatic rings. The van der Waals surface area contributed by atoms with Gasteiger partial charge in [0.15, 0.2) is 0 Å². The van der Waals surface area contributed by atoms with Gasteiger partial charge < -0.3 is 5.32 Å². The SMILES string of the molecule is Fc1ccc2c(c1)CCC2NC1C2CC3CC(C2)CC1C3. The molecule has 1 N–H and O–H groups in total. The minimum absolute atomic E-state index is 0.0796. The fourth-order valence-corrected chi connectivity index (χ4v) is 6.19. The molecule has 1 unspecified atom stereocenters. The highest BCUT2D eigenvalue weighted by molar-refractivity contribution is 5.35. The molecule has 1 aromatic rings. The van der Waals surface area contributed by atoms with Crippen molar-refractivity contribution in [3.05, 3.63) is 35.1 Å². The lowest BCUT2D eigenvalue weighted by Gasteiger charge is -2.55. The van der Waals surface area contributed by atoms with Crippen molar-refractivity contribution in [2.75, 3.05) is 0 Å². The van der Waals surface area contributed by atoms with Crippen LogP contribution in [0.5, 0.6) is 0 Å². The zero-order valence-corrected chi connectivity index (χ0v) is 12.5. The summed E-state index contributed by atoms with van der Waals surface area (Å²) in [5, 5.41) is 4.01. The van der Waals surface area contributed by atoms with Gasteiger partial charge in [0, 0.05) is 12.1 Å². The Hall–Kier alpha value is -0.890. The molecule has 1 nitrogen and oxygen atoms in total. The molecule has 0 spiro atoms. The Balaban J connectivity index is 1.37. The number of halogens is 1. The number of benzene rings is 1. The Labute approximate surface area is 126 Å². The molecular formula is C19H24FN. The normalized spacial score (nSPS) is 43.3. The molecule has 0 aromatic heterocycles. The molecule has 2 heteroatoms. The van der Waals surface area contributed by atoms with E-state index in [-0.39, 0.29) is 5.82 Å². The lowest BCUT2D eigenvalue weighted by atomic mass is 9.54. The third kappa shape index (κ3) is 1.98. The van der Waals surface area contributed by atoms with Crippen molar-refractivity contribution in [2.24, 2.45) is 23.7 Å². The van der Waals surface area contributed by atoms with Crippen molar-refractivity contribution in [3.8, 4) is 0 Å². The number of hydrogen-bond donors (Lipinski definition) is 1. The van der Waals surface area contributed by atoms with Gasteiger partial charge in [-0.2, -0.15) is 0 Å². The predicted molar refractivity (Wildman–Crippen MR) is 81.4 cm³/mol. The van der Waals surface area contributed by atoms with Gasteiger partial charge in [0.1, 0.15) is 5.82 Å². The van der Waals surface area contributed by atoms with Gasteiger partial charge >= 0.3 is 0 Å². The van der Waals surface area contributed by atoms with Crippen LogP contribution in [0, 0.1) is 29.5 Å². The second-order valence-electron chi connectivity index (χ2n) is 8.06.